The van der Waals surface area contributed by atoms with E-state index in [0.717, 1.165) is 0 Å². The summed E-state index contributed by atoms with van der Waals surface area (Å²) in [7, 11) is -3.09. The Balaban J connectivity index is 1.45. The third-order valence-corrected chi connectivity index (χ3v) is 6.45. The van der Waals surface area contributed by atoms with Crippen molar-refractivity contribution < 1.29 is 27.1 Å². The van der Waals surface area contributed by atoms with Gasteiger partial charge in [0.2, 0.25) is 0 Å². The quantitative estimate of drug-likeness (QED) is 0.683. The van der Waals surface area contributed by atoms with E-state index in [2.05, 4.69) is 10.3 Å². The molecule has 1 atom stereocenters. The lowest BCUT2D eigenvalue weighted by Crippen LogP contribution is -2.26. The number of amides is 1. The second-order valence-corrected chi connectivity index (χ2v) is 9.31. The van der Waals surface area contributed by atoms with E-state index in [9.17, 15) is 17.6 Å². The topological polar surface area (TPSA) is 104 Å². The van der Waals surface area contributed by atoms with Crippen LogP contribution in [-0.4, -0.2) is 60.3 Å². The molecule has 0 saturated carbocycles. The number of carbonyl (C=O) groups excluding carboxylic acids is 1. The summed E-state index contributed by atoms with van der Waals surface area (Å²) in [6.07, 6.45) is 2.40. The van der Waals surface area contributed by atoms with Gasteiger partial charge in [0.1, 0.15) is 11.9 Å². The van der Waals surface area contributed by atoms with Gasteiger partial charge in [0.15, 0.2) is 9.84 Å². The summed E-state index contributed by atoms with van der Waals surface area (Å²) in [5.74, 6) is -0.196. The molecule has 4 rings (SSSR count). The Hall–Kier alpha value is -2.95. The van der Waals surface area contributed by atoms with Gasteiger partial charge in [-0.3, -0.25) is 4.90 Å². The first-order valence-corrected chi connectivity index (χ1v) is 11.4. The van der Waals surface area contributed by atoms with Crippen molar-refractivity contribution in [1.29, 1.82) is 0 Å². The zero-order valence-corrected chi connectivity index (χ0v) is 17.1. The Morgan fingerprint density at radius 2 is 2.20 bits per heavy atom. The fraction of sp³-hybridized carbons (Fsp3) is 0.421. The lowest BCUT2D eigenvalue weighted by Gasteiger charge is -2.17. The number of ether oxygens (including phenoxy) is 2. The van der Waals surface area contributed by atoms with Crippen molar-refractivity contribution in [2.24, 2.45) is 0 Å². The van der Waals surface area contributed by atoms with Crippen LogP contribution in [0.25, 0.3) is 5.57 Å². The van der Waals surface area contributed by atoms with Gasteiger partial charge in [-0.05, 0) is 37.1 Å². The van der Waals surface area contributed by atoms with Gasteiger partial charge in [0.05, 0.1) is 43.1 Å². The highest BCUT2D eigenvalue weighted by Crippen LogP contribution is 2.30. The SMILES string of the molecule is CCOc1cn(C[C@H]2CN(c3ccc(C4=CCS(=O)(=O)CC4)c(F)c3)C(=O)O2)nn1. The molecule has 160 valence electrons. The van der Waals surface area contributed by atoms with Gasteiger partial charge in [0, 0.05) is 5.56 Å². The molecule has 1 aromatic heterocycles. The van der Waals surface area contributed by atoms with Crippen LogP contribution < -0.4 is 9.64 Å². The molecule has 3 heterocycles. The standard InChI is InChI=1S/C19H21FN4O5S/c1-2-28-18-12-23(22-21-18)10-15-11-24(19(25)29-15)14-3-4-16(17(20)9-14)13-5-7-30(26,27)8-6-13/h3-5,9,12,15H,2,6-8,10-11H2,1H3/t15-/m0/s1. The number of halogens is 1. The molecule has 9 nitrogen and oxygen atoms in total. The van der Waals surface area contributed by atoms with E-state index in [4.69, 9.17) is 9.47 Å². The molecule has 30 heavy (non-hydrogen) atoms. The highest BCUT2D eigenvalue weighted by atomic mass is 32.2. The predicted molar refractivity (Wildman–Crippen MR) is 106 cm³/mol. The molecule has 1 aromatic carbocycles. The first-order chi connectivity index (χ1) is 14.3. The summed E-state index contributed by atoms with van der Waals surface area (Å²) < 4.78 is 50.0. The number of nitrogens with zero attached hydrogens (tertiary/aromatic N) is 4. The molecule has 0 N–H and O–H groups in total. The first-order valence-electron chi connectivity index (χ1n) is 9.55. The highest BCUT2D eigenvalue weighted by molar-refractivity contribution is 7.91. The number of aromatic nitrogens is 3. The van der Waals surface area contributed by atoms with Crippen LogP contribution in [-0.2, 0) is 21.1 Å². The van der Waals surface area contributed by atoms with E-state index < -0.39 is 27.9 Å². The van der Waals surface area contributed by atoms with Gasteiger partial charge >= 0.3 is 6.09 Å². The lowest BCUT2D eigenvalue weighted by atomic mass is 10.0. The minimum atomic E-state index is -3.09. The first kappa shape index (κ1) is 20.3. The van der Waals surface area contributed by atoms with Gasteiger partial charge in [0.25, 0.3) is 5.88 Å². The second-order valence-electron chi connectivity index (χ2n) is 7.09. The van der Waals surface area contributed by atoms with Crippen molar-refractivity contribution >= 4 is 27.2 Å². The smallest absolute Gasteiger partial charge is 0.414 e. The largest absolute Gasteiger partial charge is 0.476 e. The number of cyclic esters (lactones) is 1. The number of hydrogen-bond donors (Lipinski definition) is 0. The van der Waals surface area contributed by atoms with E-state index in [1.807, 2.05) is 6.92 Å². The van der Waals surface area contributed by atoms with Gasteiger partial charge in [-0.15, -0.1) is 0 Å². The Morgan fingerprint density at radius 3 is 2.90 bits per heavy atom. The maximum atomic E-state index is 14.7. The molecule has 11 heteroatoms. The normalized spacial score (nSPS) is 20.7. The Kier molecular flexibility index (Phi) is 5.46. The zero-order valence-electron chi connectivity index (χ0n) is 16.3. The number of allylic oxidation sites excluding steroid dienone is 1. The van der Waals surface area contributed by atoms with Crippen LogP contribution in [0.2, 0.25) is 0 Å². The Labute approximate surface area is 173 Å². The molecule has 0 bridgehead atoms. The number of hydrogen-bond acceptors (Lipinski definition) is 7. The predicted octanol–water partition coefficient (Wildman–Crippen LogP) is 2.04. The average molecular weight is 436 g/mol. The van der Waals surface area contributed by atoms with E-state index in [0.29, 0.717) is 35.9 Å². The fourth-order valence-electron chi connectivity index (χ4n) is 3.48. The summed E-state index contributed by atoms with van der Waals surface area (Å²) in [6, 6.07) is 4.47. The summed E-state index contributed by atoms with van der Waals surface area (Å²) in [4.78, 5) is 13.6. The molecule has 2 aliphatic heterocycles. The summed E-state index contributed by atoms with van der Waals surface area (Å²) in [5.41, 5.74) is 1.39. The van der Waals surface area contributed by atoms with Crippen molar-refractivity contribution in [3.05, 3.63) is 41.9 Å². The van der Waals surface area contributed by atoms with Gasteiger partial charge in [-0.2, -0.15) is 0 Å². The Bertz CT molecular complexity index is 1100. The molecule has 0 aliphatic carbocycles. The zero-order chi connectivity index (χ0) is 21.3. The monoisotopic (exact) mass is 436 g/mol. The minimum Gasteiger partial charge on any atom is -0.476 e. The molecular weight excluding hydrogens is 415 g/mol. The van der Waals surface area contributed by atoms with Crippen molar-refractivity contribution in [2.45, 2.75) is 26.0 Å². The van der Waals surface area contributed by atoms with E-state index in [-0.39, 0.29) is 24.5 Å². The van der Waals surface area contributed by atoms with Crippen LogP contribution in [0.3, 0.4) is 0 Å². The van der Waals surface area contributed by atoms with Crippen molar-refractivity contribution in [3.63, 3.8) is 0 Å². The average Bonchev–Trinajstić information content (AvgIpc) is 3.29. The second kappa shape index (κ2) is 8.05. The Morgan fingerprint density at radius 1 is 1.37 bits per heavy atom. The minimum absolute atomic E-state index is 0.00739. The lowest BCUT2D eigenvalue weighted by molar-refractivity contribution is 0.129. The van der Waals surface area contributed by atoms with E-state index in [1.165, 1.54) is 15.6 Å². The van der Waals surface area contributed by atoms with Crippen LogP contribution in [0.15, 0.2) is 30.5 Å². The highest BCUT2D eigenvalue weighted by Gasteiger charge is 2.33. The maximum absolute atomic E-state index is 14.7. The summed E-state index contributed by atoms with van der Waals surface area (Å²) in [5, 5.41) is 7.79. The molecule has 0 unspecified atom stereocenters. The van der Waals surface area contributed by atoms with Crippen molar-refractivity contribution in [1.82, 2.24) is 15.0 Å². The van der Waals surface area contributed by atoms with Crippen LogP contribution in [0.4, 0.5) is 14.9 Å². The number of benzene rings is 1. The molecule has 1 saturated heterocycles. The molecular formula is C19H21FN4O5S. The molecule has 1 fully saturated rings. The third-order valence-electron chi connectivity index (χ3n) is 4.95. The third kappa shape index (κ3) is 4.30. The van der Waals surface area contributed by atoms with Crippen LogP contribution in [0.1, 0.15) is 18.9 Å². The number of rotatable bonds is 6. The fourth-order valence-corrected chi connectivity index (χ4v) is 4.63. The van der Waals surface area contributed by atoms with E-state index in [1.54, 1.807) is 24.4 Å². The number of sulfone groups is 1. The van der Waals surface area contributed by atoms with Crippen LogP contribution in [0.5, 0.6) is 5.88 Å². The molecule has 2 aliphatic rings. The van der Waals surface area contributed by atoms with Gasteiger partial charge in [-0.1, -0.05) is 16.4 Å². The molecule has 2 aromatic rings. The van der Waals surface area contributed by atoms with Crippen molar-refractivity contribution in [3.8, 4) is 5.88 Å². The molecule has 1 amide bonds. The number of anilines is 1. The summed E-state index contributed by atoms with van der Waals surface area (Å²) in [6.45, 7) is 2.85. The summed E-state index contributed by atoms with van der Waals surface area (Å²) >= 11 is 0. The van der Waals surface area contributed by atoms with Crippen molar-refractivity contribution in [2.75, 3.05) is 29.6 Å². The van der Waals surface area contributed by atoms with Crippen LogP contribution in [0, 0.1) is 5.82 Å². The number of carbonyl (C=O) groups is 1. The van der Waals surface area contributed by atoms with Gasteiger partial charge in [-0.25, -0.2) is 22.3 Å². The molecule has 0 spiro atoms. The van der Waals surface area contributed by atoms with Crippen LogP contribution >= 0.6 is 0 Å². The molecule has 0 radical (unpaired) electrons. The van der Waals surface area contributed by atoms with Gasteiger partial charge < -0.3 is 9.47 Å². The maximum Gasteiger partial charge on any atom is 0.414 e. The van der Waals surface area contributed by atoms with E-state index >= 15 is 0 Å².